The number of benzene rings is 1. The summed E-state index contributed by atoms with van der Waals surface area (Å²) >= 11 is 5.95. The first-order chi connectivity index (χ1) is 10.2. The number of nitrogens with one attached hydrogen (secondary N) is 1. The quantitative estimate of drug-likeness (QED) is 0.937. The third-order valence-electron chi connectivity index (χ3n) is 3.22. The summed E-state index contributed by atoms with van der Waals surface area (Å²) in [5, 5.41) is 3.54. The predicted molar refractivity (Wildman–Crippen MR) is 82.3 cm³/mol. The van der Waals surface area contributed by atoms with Crippen molar-refractivity contribution in [3.8, 4) is 11.8 Å². The maximum Gasteiger partial charge on any atom is 0.328 e. The second kappa shape index (κ2) is 6.13. The molecule has 6 nitrogen and oxygen atoms in total. The van der Waals surface area contributed by atoms with Crippen LogP contribution in [0.2, 0.25) is 5.02 Å². The van der Waals surface area contributed by atoms with Gasteiger partial charge < -0.3 is 15.0 Å². The Hall–Kier alpha value is -2.08. The Kier molecular flexibility index (Phi) is 4.06. The van der Waals surface area contributed by atoms with Crippen molar-refractivity contribution in [2.24, 2.45) is 0 Å². The Balaban J connectivity index is 1.88. The molecular formula is C14H16ClN5O. The van der Waals surface area contributed by atoms with E-state index in [-0.39, 0.29) is 6.01 Å². The van der Waals surface area contributed by atoms with Gasteiger partial charge in [0, 0.05) is 25.2 Å². The topological polar surface area (TPSA) is 63.2 Å². The van der Waals surface area contributed by atoms with Gasteiger partial charge in [0.05, 0.1) is 0 Å². The molecule has 0 aliphatic carbocycles. The Labute approximate surface area is 128 Å². The van der Waals surface area contributed by atoms with Crippen molar-refractivity contribution in [3.63, 3.8) is 0 Å². The summed E-state index contributed by atoms with van der Waals surface area (Å²) in [6, 6.07) is 7.40. The average Bonchev–Trinajstić information content (AvgIpc) is 3.01. The molecular weight excluding hydrogens is 290 g/mol. The maximum absolute atomic E-state index is 5.95. The van der Waals surface area contributed by atoms with Crippen LogP contribution in [-0.2, 0) is 0 Å². The van der Waals surface area contributed by atoms with E-state index >= 15 is 0 Å². The van der Waals surface area contributed by atoms with Gasteiger partial charge in [-0.1, -0.05) is 17.7 Å². The van der Waals surface area contributed by atoms with Gasteiger partial charge in [0.2, 0.25) is 11.9 Å². The molecule has 21 heavy (non-hydrogen) atoms. The van der Waals surface area contributed by atoms with Crippen LogP contribution < -0.4 is 15.0 Å². The number of rotatable bonds is 4. The van der Waals surface area contributed by atoms with Crippen LogP contribution in [0.15, 0.2) is 24.3 Å². The van der Waals surface area contributed by atoms with Crippen molar-refractivity contribution in [3.05, 3.63) is 29.3 Å². The third kappa shape index (κ3) is 3.33. The van der Waals surface area contributed by atoms with Gasteiger partial charge in [-0.05, 0) is 31.0 Å². The van der Waals surface area contributed by atoms with Gasteiger partial charge in [-0.3, -0.25) is 0 Å². The molecule has 0 bridgehead atoms. The first-order valence-electron chi connectivity index (χ1n) is 6.87. The molecule has 110 valence electrons. The van der Waals surface area contributed by atoms with Crippen LogP contribution in [0.4, 0.5) is 11.9 Å². The zero-order valence-corrected chi connectivity index (χ0v) is 12.5. The van der Waals surface area contributed by atoms with Crippen LogP contribution in [0.3, 0.4) is 0 Å². The maximum atomic E-state index is 5.95. The molecule has 1 aliphatic rings. The molecule has 7 heteroatoms. The van der Waals surface area contributed by atoms with Crippen LogP contribution in [0.1, 0.15) is 12.8 Å². The summed E-state index contributed by atoms with van der Waals surface area (Å²) in [6.45, 7) is 1.92. The largest absolute Gasteiger partial charge is 0.424 e. The van der Waals surface area contributed by atoms with Crippen LogP contribution in [-0.4, -0.2) is 35.1 Å². The normalized spacial score (nSPS) is 14.3. The van der Waals surface area contributed by atoms with Gasteiger partial charge in [-0.2, -0.15) is 15.0 Å². The SMILES string of the molecule is CNc1nc(Oc2cccc(Cl)c2)nc(N2CCCC2)n1. The molecule has 1 aliphatic heterocycles. The zero-order valence-electron chi connectivity index (χ0n) is 11.7. The Morgan fingerprint density at radius 2 is 2.00 bits per heavy atom. The van der Waals surface area contributed by atoms with Crippen molar-refractivity contribution in [1.29, 1.82) is 0 Å². The van der Waals surface area contributed by atoms with Crippen molar-refractivity contribution in [2.75, 3.05) is 30.4 Å². The highest BCUT2D eigenvalue weighted by Gasteiger charge is 2.17. The number of ether oxygens (including phenoxy) is 1. The van der Waals surface area contributed by atoms with E-state index in [0.29, 0.717) is 22.7 Å². The van der Waals surface area contributed by atoms with Crippen molar-refractivity contribution >= 4 is 23.5 Å². The van der Waals surface area contributed by atoms with E-state index in [1.54, 1.807) is 19.2 Å². The molecule has 1 aromatic heterocycles. The second-order valence-corrected chi connectivity index (χ2v) is 5.18. The van der Waals surface area contributed by atoms with Crippen molar-refractivity contribution in [2.45, 2.75) is 12.8 Å². The van der Waals surface area contributed by atoms with Crippen molar-refractivity contribution in [1.82, 2.24) is 15.0 Å². The number of hydrogen-bond donors (Lipinski definition) is 1. The van der Waals surface area contributed by atoms with Crippen LogP contribution in [0.25, 0.3) is 0 Å². The van der Waals surface area contributed by atoms with E-state index < -0.39 is 0 Å². The molecule has 2 aromatic rings. The lowest BCUT2D eigenvalue weighted by atomic mass is 10.3. The molecule has 0 radical (unpaired) electrons. The van der Waals surface area contributed by atoms with Crippen LogP contribution >= 0.6 is 11.6 Å². The Morgan fingerprint density at radius 1 is 1.19 bits per heavy atom. The van der Waals surface area contributed by atoms with Crippen LogP contribution in [0, 0.1) is 0 Å². The standard InChI is InChI=1S/C14H16ClN5O/c1-16-12-17-13(20-7-2-3-8-20)19-14(18-12)21-11-6-4-5-10(15)9-11/h4-6,9H,2-3,7-8H2,1H3,(H,16,17,18,19). The Morgan fingerprint density at radius 3 is 2.71 bits per heavy atom. The number of anilines is 2. The fourth-order valence-corrected chi connectivity index (χ4v) is 2.38. The third-order valence-corrected chi connectivity index (χ3v) is 3.46. The summed E-state index contributed by atoms with van der Waals surface area (Å²) in [5.74, 6) is 1.73. The van der Waals surface area contributed by atoms with E-state index in [9.17, 15) is 0 Å². The zero-order chi connectivity index (χ0) is 14.7. The van der Waals surface area contributed by atoms with Gasteiger partial charge in [-0.25, -0.2) is 0 Å². The number of nitrogens with zero attached hydrogens (tertiary/aromatic N) is 4. The fourth-order valence-electron chi connectivity index (χ4n) is 2.20. The highest BCUT2D eigenvalue weighted by atomic mass is 35.5. The van der Waals surface area contributed by atoms with E-state index in [4.69, 9.17) is 16.3 Å². The lowest BCUT2D eigenvalue weighted by Gasteiger charge is -2.16. The van der Waals surface area contributed by atoms with Crippen LogP contribution in [0.5, 0.6) is 11.8 Å². The summed E-state index contributed by atoms with van der Waals surface area (Å²) in [6.07, 6.45) is 2.32. The minimum absolute atomic E-state index is 0.263. The highest BCUT2D eigenvalue weighted by molar-refractivity contribution is 6.30. The molecule has 3 rings (SSSR count). The number of halogens is 1. The highest BCUT2D eigenvalue weighted by Crippen LogP contribution is 2.24. The lowest BCUT2D eigenvalue weighted by Crippen LogP contribution is -2.21. The molecule has 0 unspecified atom stereocenters. The van der Waals surface area contributed by atoms with Crippen molar-refractivity contribution < 1.29 is 4.74 Å². The second-order valence-electron chi connectivity index (χ2n) is 4.75. The van der Waals surface area contributed by atoms with E-state index in [2.05, 4.69) is 25.2 Å². The molecule has 0 spiro atoms. The summed E-state index contributed by atoms with van der Waals surface area (Å²) in [4.78, 5) is 15.1. The monoisotopic (exact) mass is 305 g/mol. The van der Waals surface area contributed by atoms with Gasteiger partial charge in [0.25, 0.3) is 0 Å². The Bertz CT molecular complexity index is 631. The number of aromatic nitrogens is 3. The van der Waals surface area contributed by atoms with Gasteiger partial charge in [0.15, 0.2) is 0 Å². The molecule has 1 aromatic carbocycles. The van der Waals surface area contributed by atoms with E-state index in [1.807, 2.05) is 12.1 Å². The van der Waals surface area contributed by atoms with E-state index in [1.165, 1.54) is 0 Å². The first-order valence-corrected chi connectivity index (χ1v) is 7.24. The molecule has 2 heterocycles. The van der Waals surface area contributed by atoms with Gasteiger partial charge >= 0.3 is 6.01 Å². The molecule has 0 atom stereocenters. The first kappa shape index (κ1) is 13.9. The summed E-state index contributed by atoms with van der Waals surface area (Å²) in [5.41, 5.74) is 0. The predicted octanol–water partition coefficient (Wildman–Crippen LogP) is 2.96. The summed E-state index contributed by atoms with van der Waals surface area (Å²) in [7, 11) is 1.77. The molecule has 1 fully saturated rings. The minimum Gasteiger partial charge on any atom is -0.424 e. The average molecular weight is 306 g/mol. The minimum atomic E-state index is 0.263. The number of hydrogen-bond acceptors (Lipinski definition) is 6. The van der Waals surface area contributed by atoms with E-state index in [0.717, 1.165) is 25.9 Å². The molecule has 0 amide bonds. The smallest absolute Gasteiger partial charge is 0.328 e. The fraction of sp³-hybridized carbons (Fsp3) is 0.357. The van der Waals surface area contributed by atoms with Gasteiger partial charge in [-0.15, -0.1) is 0 Å². The molecule has 0 saturated carbocycles. The molecule has 1 saturated heterocycles. The molecule has 1 N–H and O–H groups in total. The van der Waals surface area contributed by atoms with Gasteiger partial charge in [0.1, 0.15) is 5.75 Å². The summed E-state index contributed by atoms with van der Waals surface area (Å²) < 4.78 is 5.69. The lowest BCUT2D eigenvalue weighted by molar-refractivity contribution is 0.440.